The summed E-state index contributed by atoms with van der Waals surface area (Å²) in [6.45, 7) is 3.73. The van der Waals surface area contributed by atoms with Gasteiger partial charge in [-0.2, -0.15) is 0 Å². The van der Waals surface area contributed by atoms with Crippen molar-refractivity contribution < 1.29 is 14.6 Å². The van der Waals surface area contributed by atoms with Crippen molar-refractivity contribution in [1.29, 1.82) is 0 Å². The minimum atomic E-state index is -0.833. The lowest BCUT2D eigenvalue weighted by molar-refractivity contribution is 0.0875. The fourth-order valence-corrected chi connectivity index (χ4v) is 4.07. The van der Waals surface area contributed by atoms with Gasteiger partial charge in [0.2, 0.25) is 0 Å². The molecule has 0 aromatic heterocycles. The molecule has 1 heterocycles. The Labute approximate surface area is 144 Å². The normalized spacial score (nSPS) is 19.4. The lowest BCUT2D eigenvalue weighted by Crippen LogP contribution is -2.45. The first-order valence-corrected chi connectivity index (χ1v) is 8.95. The van der Waals surface area contributed by atoms with Gasteiger partial charge in [0.15, 0.2) is 0 Å². The summed E-state index contributed by atoms with van der Waals surface area (Å²) in [4.78, 5) is 15.5. The maximum absolute atomic E-state index is 11.3. The van der Waals surface area contributed by atoms with Crippen molar-refractivity contribution in [3.05, 3.63) is 35.4 Å². The van der Waals surface area contributed by atoms with Crippen molar-refractivity contribution in [1.82, 2.24) is 9.80 Å². The lowest BCUT2D eigenvalue weighted by Gasteiger charge is -2.37. The number of fused-ring (bicyclic) bond motifs is 1. The van der Waals surface area contributed by atoms with Crippen molar-refractivity contribution in [2.75, 3.05) is 39.9 Å². The predicted molar refractivity (Wildman–Crippen MR) is 93.4 cm³/mol. The molecule has 1 fully saturated rings. The highest BCUT2D eigenvalue weighted by molar-refractivity contribution is 5.64. The highest BCUT2D eigenvalue weighted by atomic mass is 16.5. The van der Waals surface area contributed by atoms with E-state index in [4.69, 9.17) is 4.74 Å². The standard InChI is InChI=1S/C19H28N2O3/c1-24-11-10-21(19(22)23)14-15-6-8-20(9-7-15)18-12-16-4-2-3-5-17(16)13-18/h2-5,15,18H,6-14H2,1H3,(H,22,23). The number of carbonyl (C=O) groups is 1. The van der Waals surface area contributed by atoms with Crippen LogP contribution >= 0.6 is 0 Å². The summed E-state index contributed by atoms with van der Waals surface area (Å²) >= 11 is 0. The number of ether oxygens (including phenoxy) is 1. The van der Waals surface area contributed by atoms with Gasteiger partial charge in [-0.05, 0) is 55.8 Å². The van der Waals surface area contributed by atoms with Crippen molar-refractivity contribution in [3.63, 3.8) is 0 Å². The largest absolute Gasteiger partial charge is 0.465 e. The first-order chi connectivity index (χ1) is 11.7. The highest BCUT2D eigenvalue weighted by Gasteiger charge is 2.30. The van der Waals surface area contributed by atoms with Crippen molar-refractivity contribution in [2.45, 2.75) is 31.7 Å². The zero-order chi connectivity index (χ0) is 16.9. The smallest absolute Gasteiger partial charge is 0.407 e. The minimum absolute atomic E-state index is 0.462. The number of benzene rings is 1. The summed E-state index contributed by atoms with van der Waals surface area (Å²) in [7, 11) is 1.61. The fraction of sp³-hybridized carbons (Fsp3) is 0.632. The third kappa shape index (κ3) is 4.08. The second-order valence-corrected chi connectivity index (χ2v) is 7.03. The number of likely N-dealkylation sites (tertiary alicyclic amines) is 1. The molecule has 1 amide bonds. The number of nitrogens with zero attached hydrogens (tertiary/aromatic N) is 2. The minimum Gasteiger partial charge on any atom is -0.465 e. The van der Waals surface area contributed by atoms with E-state index in [-0.39, 0.29) is 0 Å². The number of methoxy groups -OCH3 is 1. The maximum Gasteiger partial charge on any atom is 0.407 e. The summed E-state index contributed by atoms with van der Waals surface area (Å²) < 4.78 is 5.01. The van der Waals surface area contributed by atoms with Gasteiger partial charge < -0.3 is 14.7 Å². The van der Waals surface area contributed by atoms with Crippen LogP contribution in [0.15, 0.2) is 24.3 Å². The number of amides is 1. The predicted octanol–water partition coefficient (Wildman–Crippen LogP) is 2.49. The molecule has 0 bridgehead atoms. The van der Waals surface area contributed by atoms with Gasteiger partial charge in [0.05, 0.1) is 6.61 Å². The molecule has 1 aliphatic heterocycles. The Morgan fingerprint density at radius 2 is 1.88 bits per heavy atom. The summed E-state index contributed by atoms with van der Waals surface area (Å²) in [5.41, 5.74) is 3.00. The van der Waals surface area contributed by atoms with Gasteiger partial charge >= 0.3 is 6.09 Å². The van der Waals surface area contributed by atoms with Gasteiger partial charge in [0, 0.05) is 26.2 Å². The molecule has 0 radical (unpaired) electrons. The van der Waals surface area contributed by atoms with Gasteiger partial charge in [-0.15, -0.1) is 0 Å². The lowest BCUT2D eigenvalue weighted by atomic mass is 9.94. The average Bonchev–Trinajstić information content (AvgIpc) is 3.03. The number of rotatable bonds is 6. The van der Waals surface area contributed by atoms with Crippen molar-refractivity contribution >= 4 is 6.09 Å². The molecule has 5 heteroatoms. The topological polar surface area (TPSA) is 53.0 Å². The van der Waals surface area contributed by atoms with Crippen LogP contribution in [0.2, 0.25) is 0 Å². The summed E-state index contributed by atoms with van der Waals surface area (Å²) in [6.07, 6.45) is 3.67. The van der Waals surface area contributed by atoms with Crippen LogP contribution in [-0.2, 0) is 17.6 Å². The van der Waals surface area contributed by atoms with E-state index in [9.17, 15) is 9.90 Å². The molecule has 0 spiro atoms. The maximum atomic E-state index is 11.3. The molecule has 132 valence electrons. The second kappa shape index (κ2) is 7.99. The van der Waals surface area contributed by atoms with Crippen LogP contribution < -0.4 is 0 Å². The second-order valence-electron chi connectivity index (χ2n) is 7.03. The molecule has 5 nitrogen and oxygen atoms in total. The van der Waals surface area contributed by atoms with Crippen molar-refractivity contribution in [2.24, 2.45) is 5.92 Å². The number of piperidine rings is 1. The fourth-order valence-electron chi connectivity index (χ4n) is 4.07. The molecule has 2 aliphatic rings. The van der Waals surface area contributed by atoms with Gasteiger partial charge in [0.1, 0.15) is 0 Å². The van der Waals surface area contributed by atoms with Gasteiger partial charge in [-0.1, -0.05) is 24.3 Å². The van der Waals surface area contributed by atoms with Crippen LogP contribution in [0, 0.1) is 5.92 Å². The molecule has 0 unspecified atom stereocenters. The van der Waals surface area contributed by atoms with Crippen LogP contribution in [0.3, 0.4) is 0 Å². The first-order valence-electron chi connectivity index (χ1n) is 8.95. The molecule has 24 heavy (non-hydrogen) atoms. The Morgan fingerprint density at radius 3 is 2.42 bits per heavy atom. The number of carboxylic acid groups (broad SMARTS) is 1. The van der Waals surface area contributed by atoms with E-state index in [1.807, 2.05) is 0 Å². The van der Waals surface area contributed by atoms with Gasteiger partial charge in [-0.3, -0.25) is 4.90 Å². The van der Waals surface area contributed by atoms with Crippen LogP contribution in [0.25, 0.3) is 0 Å². The summed E-state index contributed by atoms with van der Waals surface area (Å²) in [5.74, 6) is 0.470. The van der Waals surface area contributed by atoms with E-state index < -0.39 is 6.09 Å². The molecule has 1 aliphatic carbocycles. The van der Waals surface area contributed by atoms with Gasteiger partial charge in [-0.25, -0.2) is 4.79 Å². The highest BCUT2D eigenvalue weighted by Crippen LogP contribution is 2.28. The Bertz CT molecular complexity index is 530. The van der Waals surface area contributed by atoms with E-state index in [0.29, 0.717) is 31.7 Å². The zero-order valence-corrected chi connectivity index (χ0v) is 14.5. The average molecular weight is 332 g/mol. The van der Waals surface area contributed by atoms with E-state index >= 15 is 0 Å². The van der Waals surface area contributed by atoms with Gasteiger partial charge in [0.25, 0.3) is 0 Å². The van der Waals surface area contributed by atoms with E-state index in [0.717, 1.165) is 38.8 Å². The van der Waals surface area contributed by atoms with Crippen LogP contribution in [0.4, 0.5) is 4.79 Å². The first kappa shape index (κ1) is 17.2. The molecular weight excluding hydrogens is 304 g/mol. The van der Waals surface area contributed by atoms with E-state index in [1.165, 1.54) is 16.0 Å². The zero-order valence-electron chi connectivity index (χ0n) is 14.5. The number of hydrogen-bond donors (Lipinski definition) is 1. The Morgan fingerprint density at radius 1 is 1.25 bits per heavy atom. The van der Waals surface area contributed by atoms with Crippen LogP contribution in [0.5, 0.6) is 0 Å². The Kier molecular flexibility index (Phi) is 5.74. The van der Waals surface area contributed by atoms with Crippen LogP contribution in [0.1, 0.15) is 24.0 Å². The summed E-state index contributed by atoms with van der Waals surface area (Å²) in [6, 6.07) is 9.40. The Hall–Kier alpha value is -1.59. The molecule has 1 aromatic rings. The molecule has 0 saturated carbocycles. The molecular formula is C19H28N2O3. The molecule has 0 atom stereocenters. The SMILES string of the molecule is COCCN(CC1CCN(C2Cc3ccccc3C2)CC1)C(=O)O. The molecule has 1 aromatic carbocycles. The monoisotopic (exact) mass is 332 g/mol. The van der Waals surface area contributed by atoms with E-state index in [1.54, 1.807) is 7.11 Å². The quantitative estimate of drug-likeness (QED) is 0.870. The molecule has 3 rings (SSSR count). The molecule has 1 N–H and O–H groups in total. The van der Waals surface area contributed by atoms with Crippen molar-refractivity contribution in [3.8, 4) is 0 Å². The van der Waals surface area contributed by atoms with Crippen LogP contribution in [-0.4, -0.2) is 66.9 Å². The molecule has 1 saturated heterocycles. The summed E-state index contributed by atoms with van der Waals surface area (Å²) in [5, 5.41) is 9.32. The Balaban J connectivity index is 1.47. The number of hydrogen-bond acceptors (Lipinski definition) is 3. The third-order valence-electron chi connectivity index (χ3n) is 5.51. The van der Waals surface area contributed by atoms with E-state index in [2.05, 4.69) is 29.2 Å². The third-order valence-corrected chi connectivity index (χ3v) is 5.51.